The van der Waals surface area contributed by atoms with Gasteiger partial charge in [-0.1, -0.05) is 32.0 Å². The van der Waals surface area contributed by atoms with Crippen LogP contribution in [0, 0.1) is 0 Å². The second kappa shape index (κ2) is 8.47. The molecule has 2 heterocycles. The van der Waals surface area contributed by atoms with E-state index < -0.39 is 0 Å². The number of hydrogen-bond acceptors (Lipinski definition) is 5. The molecule has 0 radical (unpaired) electrons. The fourth-order valence-corrected chi connectivity index (χ4v) is 3.45. The lowest BCUT2D eigenvalue weighted by Gasteiger charge is -2.14. The van der Waals surface area contributed by atoms with Crippen LogP contribution in [0.25, 0.3) is 11.0 Å². The molecule has 31 heavy (non-hydrogen) atoms. The van der Waals surface area contributed by atoms with E-state index in [2.05, 4.69) is 47.7 Å². The van der Waals surface area contributed by atoms with Crippen LogP contribution in [-0.2, 0) is 11.8 Å². The number of aromatic nitrogens is 3. The number of nitrogens with one attached hydrogen (secondary N) is 2. The van der Waals surface area contributed by atoms with Crippen LogP contribution in [0.4, 0.5) is 17.5 Å². The molecule has 4 rings (SSSR count). The number of anilines is 3. The second-order valence-electron chi connectivity index (χ2n) is 7.67. The van der Waals surface area contributed by atoms with Crippen molar-refractivity contribution < 1.29 is 9.53 Å². The molecule has 2 aromatic heterocycles. The average molecular weight is 415 g/mol. The fourth-order valence-electron chi connectivity index (χ4n) is 3.45. The van der Waals surface area contributed by atoms with Gasteiger partial charge in [-0.05, 0) is 35.7 Å². The van der Waals surface area contributed by atoms with Crippen molar-refractivity contribution in [3.05, 3.63) is 66.4 Å². The third kappa shape index (κ3) is 4.50. The highest BCUT2D eigenvalue weighted by atomic mass is 16.5. The van der Waals surface area contributed by atoms with Crippen molar-refractivity contribution in [2.75, 3.05) is 10.6 Å². The van der Waals surface area contributed by atoms with Gasteiger partial charge in [-0.15, -0.1) is 0 Å². The van der Waals surface area contributed by atoms with Gasteiger partial charge in [0, 0.05) is 38.0 Å². The number of para-hydroxylation sites is 1. The molecule has 0 saturated carbocycles. The van der Waals surface area contributed by atoms with Crippen molar-refractivity contribution in [3.8, 4) is 11.5 Å². The predicted octanol–water partition coefficient (Wildman–Crippen LogP) is 5.59. The van der Waals surface area contributed by atoms with Crippen molar-refractivity contribution in [2.24, 2.45) is 7.05 Å². The van der Waals surface area contributed by atoms with Crippen molar-refractivity contribution in [2.45, 2.75) is 26.7 Å². The first-order valence-electron chi connectivity index (χ1n) is 10.1. The molecule has 2 N–H and O–H groups in total. The molecule has 4 aromatic rings. The molecule has 0 bridgehead atoms. The molecular weight excluding hydrogens is 390 g/mol. The van der Waals surface area contributed by atoms with Gasteiger partial charge < -0.3 is 19.9 Å². The molecule has 7 heteroatoms. The summed E-state index contributed by atoms with van der Waals surface area (Å²) in [4.78, 5) is 20.1. The summed E-state index contributed by atoms with van der Waals surface area (Å²) < 4.78 is 7.99. The normalized spacial score (nSPS) is 11.0. The Balaban J connectivity index is 1.60. The van der Waals surface area contributed by atoms with Gasteiger partial charge in [-0.3, -0.25) is 4.79 Å². The Morgan fingerprint density at radius 2 is 1.84 bits per heavy atom. The Hall–Kier alpha value is -3.87. The lowest BCUT2D eigenvalue weighted by Crippen LogP contribution is -2.07. The summed E-state index contributed by atoms with van der Waals surface area (Å²) in [5.74, 6) is 2.66. The molecule has 158 valence electrons. The SMILES string of the molecule is CC(=O)Nc1cc(Oc2ccc3c(c2)nc(Nc2ccccc2C(C)C)n3C)ccn1. The van der Waals surface area contributed by atoms with E-state index in [1.165, 1.54) is 12.5 Å². The standard InChI is InChI=1S/C24H25N5O2/c1-15(2)19-7-5-6-8-20(19)27-24-28-21-13-17(9-10-22(21)29(24)4)31-18-11-12-25-23(14-18)26-16(3)30/h5-15H,1-4H3,(H,27,28)(H,25,26,30). The first-order valence-corrected chi connectivity index (χ1v) is 10.1. The molecule has 0 aliphatic heterocycles. The number of nitrogens with zero attached hydrogens (tertiary/aromatic N) is 3. The van der Waals surface area contributed by atoms with Crippen LogP contribution in [0.3, 0.4) is 0 Å². The van der Waals surface area contributed by atoms with Crippen LogP contribution in [0.1, 0.15) is 32.3 Å². The molecule has 0 spiro atoms. The molecule has 0 unspecified atom stereocenters. The van der Waals surface area contributed by atoms with E-state index in [4.69, 9.17) is 9.72 Å². The van der Waals surface area contributed by atoms with E-state index in [-0.39, 0.29) is 5.91 Å². The largest absolute Gasteiger partial charge is 0.457 e. The summed E-state index contributed by atoms with van der Waals surface area (Å²) in [6.45, 7) is 5.79. The zero-order valence-corrected chi connectivity index (χ0v) is 18.0. The average Bonchev–Trinajstić information content (AvgIpc) is 3.03. The highest BCUT2D eigenvalue weighted by molar-refractivity contribution is 5.87. The van der Waals surface area contributed by atoms with Gasteiger partial charge in [0.25, 0.3) is 0 Å². The van der Waals surface area contributed by atoms with Gasteiger partial charge in [0.15, 0.2) is 0 Å². The van der Waals surface area contributed by atoms with E-state index in [9.17, 15) is 4.79 Å². The highest BCUT2D eigenvalue weighted by Gasteiger charge is 2.12. The number of ether oxygens (including phenoxy) is 1. The van der Waals surface area contributed by atoms with Gasteiger partial charge >= 0.3 is 0 Å². The number of aryl methyl sites for hydroxylation is 1. The third-order valence-corrected chi connectivity index (χ3v) is 4.95. The zero-order chi connectivity index (χ0) is 22.0. The molecule has 0 fully saturated rings. The van der Waals surface area contributed by atoms with E-state index in [0.29, 0.717) is 23.2 Å². The molecule has 7 nitrogen and oxygen atoms in total. The van der Waals surface area contributed by atoms with E-state index in [0.717, 1.165) is 22.7 Å². The molecule has 0 aliphatic carbocycles. The maximum Gasteiger partial charge on any atom is 0.222 e. The molecule has 0 aliphatic rings. The number of pyridine rings is 1. The Kier molecular flexibility index (Phi) is 5.58. The number of benzene rings is 2. The maximum atomic E-state index is 11.2. The molecule has 0 saturated heterocycles. The Morgan fingerprint density at radius 3 is 2.61 bits per heavy atom. The van der Waals surface area contributed by atoms with Gasteiger partial charge in [0.2, 0.25) is 11.9 Å². The minimum atomic E-state index is -0.182. The van der Waals surface area contributed by atoms with Crippen molar-refractivity contribution >= 4 is 34.4 Å². The lowest BCUT2D eigenvalue weighted by molar-refractivity contribution is -0.114. The fraction of sp³-hybridized carbons (Fsp3) is 0.208. The van der Waals surface area contributed by atoms with Crippen LogP contribution < -0.4 is 15.4 Å². The van der Waals surface area contributed by atoms with E-state index >= 15 is 0 Å². The van der Waals surface area contributed by atoms with E-state index in [1.54, 1.807) is 18.3 Å². The first kappa shape index (κ1) is 20.4. The van der Waals surface area contributed by atoms with Crippen molar-refractivity contribution in [1.29, 1.82) is 0 Å². The van der Waals surface area contributed by atoms with Gasteiger partial charge in [-0.25, -0.2) is 9.97 Å². The van der Waals surface area contributed by atoms with Gasteiger partial charge in [-0.2, -0.15) is 0 Å². The maximum absolute atomic E-state index is 11.2. The monoisotopic (exact) mass is 415 g/mol. The van der Waals surface area contributed by atoms with Crippen LogP contribution in [-0.4, -0.2) is 20.4 Å². The summed E-state index contributed by atoms with van der Waals surface area (Å²) in [6.07, 6.45) is 1.59. The number of amides is 1. The topological polar surface area (TPSA) is 81.1 Å². The molecule has 2 aromatic carbocycles. The minimum Gasteiger partial charge on any atom is -0.457 e. The Bertz CT molecular complexity index is 1250. The van der Waals surface area contributed by atoms with Crippen molar-refractivity contribution in [1.82, 2.24) is 14.5 Å². The van der Waals surface area contributed by atoms with Gasteiger partial charge in [0.05, 0.1) is 11.0 Å². The third-order valence-electron chi connectivity index (χ3n) is 4.95. The minimum absolute atomic E-state index is 0.182. The van der Waals surface area contributed by atoms with Crippen LogP contribution in [0.5, 0.6) is 11.5 Å². The number of fused-ring (bicyclic) bond motifs is 1. The predicted molar refractivity (Wildman–Crippen MR) is 123 cm³/mol. The molecular formula is C24H25N5O2. The molecule has 0 atom stereocenters. The van der Waals surface area contributed by atoms with E-state index in [1.807, 2.05) is 35.9 Å². The highest BCUT2D eigenvalue weighted by Crippen LogP contribution is 2.30. The number of rotatable bonds is 6. The van der Waals surface area contributed by atoms with Crippen molar-refractivity contribution in [3.63, 3.8) is 0 Å². The summed E-state index contributed by atoms with van der Waals surface area (Å²) >= 11 is 0. The van der Waals surface area contributed by atoms with Gasteiger partial charge in [0.1, 0.15) is 17.3 Å². The Morgan fingerprint density at radius 1 is 1.06 bits per heavy atom. The summed E-state index contributed by atoms with van der Waals surface area (Å²) in [5.41, 5.74) is 4.10. The lowest BCUT2D eigenvalue weighted by atomic mass is 10.0. The smallest absolute Gasteiger partial charge is 0.222 e. The number of hydrogen-bond donors (Lipinski definition) is 2. The summed E-state index contributed by atoms with van der Waals surface area (Å²) in [5, 5.41) is 6.12. The summed E-state index contributed by atoms with van der Waals surface area (Å²) in [7, 11) is 1.98. The number of carbonyl (C=O) groups is 1. The number of carbonyl (C=O) groups excluding carboxylic acids is 1. The van der Waals surface area contributed by atoms with Crippen LogP contribution >= 0.6 is 0 Å². The van der Waals surface area contributed by atoms with Crippen LogP contribution in [0.2, 0.25) is 0 Å². The van der Waals surface area contributed by atoms with Crippen LogP contribution in [0.15, 0.2) is 60.8 Å². The summed E-state index contributed by atoms with van der Waals surface area (Å²) in [6, 6.07) is 17.5. The Labute approximate surface area is 181 Å². The molecule has 1 amide bonds. The first-order chi connectivity index (χ1) is 14.9. The zero-order valence-electron chi connectivity index (χ0n) is 18.0. The second-order valence-corrected chi connectivity index (χ2v) is 7.67. The quantitative estimate of drug-likeness (QED) is 0.429. The number of imidazole rings is 1.